The average molecular weight is 521 g/mol. The molecule has 14 heteroatoms. The Balaban J connectivity index is 2.36. The maximum Gasteiger partial charge on any atom is 0.501 e. The molecule has 0 fully saturated rings. The highest BCUT2D eigenvalue weighted by atomic mass is 32.2. The van der Waals surface area contributed by atoms with Gasteiger partial charge in [-0.2, -0.15) is 13.2 Å². The van der Waals surface area contributed by atoms with Crippen molar-refractivity contribution in [2.24, 2.45) is 0 Å². The SMILES string of the molecule is CCS(=O)(=O)c1cc(C(=O)O)c(C(C)(C)C)nc1-c1nc2cc(S(=O)(=O)C(F)(F)F)ccc2o1. The normalized spacial score (nSPS) is 13.4. The van der Waals surface area contributed by atoms with E-state index in [1.165, 1.54) is 6.92 Å². The number of oxazole rings is 1. The van der Waals surface area contributed by atoms with Gasteiger partial charge in [-0.05, 0) is 24.3 Å². The summed E-state index contributed by atoms with van der Waals surface area (Å²) in [5.41, 5.74) is -7.47. The van der Waals surface area contributed by atoms with E-state index in [0.717, 1.165) is 12.1 Å². The summed E-state index contributed by atoms with van der Waals surface area (Å²) < 4.78 is 93.2. The number of hydrogen-bond acceptors (Lipinski definition) is 8. The number of rotatable bonds is 5. The third-order valence-corrected chi connectivity index (χ3v) is 8.05. The lowest BCUT2D eigenvalue weighted by Gasteiger charge is -2.21. The minimum atomic E-state index is -5.66. The highest BCUT2D eigenvalue weighted by molar-refractivity contribution is 7.92. The van der Waals surface area contributed by atoms with Gasteiger partial charge in [0.2, 0.25) is 5.89 Å². The number of aromatic carboxylic acids is 1. The van der Waals surface area contributed by atoms with Crippen LogP contribution in [-0.2, 0) is 25.1 Å². The van der Waals surface area contributed by atoms with E-state index in [1.807, 2.05) is 0 Å². The van der Waals surface area contributed by atoms with Crippen LogP contribution in [0.1, 0.15) is 43.7 Å². The summed E-state index contributed by atoms with van der Waals surface area (Å²) in [6.07, 6.45) is 0. The predicted molar refractivity (Wildman–Crippen MR) is 114 cm³/mol. The Morgan fingerprint density at radius 1 is 1.06 bits per heavy atom. The van der Waals surface area contributed by atoms with Gasteiger partial charge < -0.3 is 9.52 Å². The van der Waals surface area contributed by atoms with Crippen LogP contribution in [0.3, 0.4) is 0 Å². The Morgan fingerprint density at radius 2 is 1.68 bits per heavy atom. The molecular weight excluding hydrogens is 501 g/mol. The quantitative estimate of drug-likeness (QED) is 0.528. The summed E-state index contributed by atoms with van der Waals surface area (Å²) in [7, 11) is -9.71. The van der Waals surface area contributed by atoms with E-state index in [2.05, 4.69) is 9.97 Å². The molecule has 0 spiro atoms. The van der Waals surface area contributed by atoms with Crippen LogP contribution in [0.15, 0.2) is 38.5 Å². The number of alkyl halides is 3. The molecule has 9 nitrogen and oxygen atoms in total. The van der Waals surface area contributed by atoms with Gasteiger partial charge in [0.25, 0.3) is 9.84 Å². The van der Waals surface area contributed by atoms with Crippen molar-refractivity contribution in [1.82, 2.24) is 9.97 Å². The van der Waals surface area contributed by atoms with Crippen molar-refractivity contribution < 1.29 is 44.3 Å². The summed E-state index contributed by atoms with van der Waals surface area (Å²) in [5, 5.41) is 9.62. The number of fused-ring (bicyclic) bond motifs is 1. The van der Waals surface area contributed by atoms with Gasteiger partial charge in [-0.3, -0.25) is 0 Å². The van der Waals surface area contributed by atoms with E-state index in [9.17, 15) is 39.9 Å². The van der Waals surface area contributed by atoms with Crippen LogP contribution >= 0.6 is 0 Å². The van der Waals surface area contributed by atoms with Crippen LogP contribution in [0.2, 0.25) is 0 Å². The van der Waals surface area contributed by atoms with Crippen molar-refractivity contribution in [2.75, 3.05) is 5.75 Å². The van der Waals surface area contributed by atoms with E-state index in [1.54, 1.807) is 20.8 Å². The lowest BCUT2D eigenvalue weighted by atomic mass is 9.88. The molecule has 0 radical (unpaired) electrons. The van der Waals surface area contributed by atoms with Crippen LogP contribution in [0.5, 0.6) is 0 Å². The third-order valence-electron chi connectivity index (χ3n) is 4.82. The van der Waals surface area contributed by atoms with Gasteiger partial charge in [0.15, 0.2) is 15.4 Å². The zero-order valence-corrected chi connectivity index (χ0v) is 19.9. The van der Waals surface area contributed by atoms with Gasteiger partial charge in [-0.1, -0.05) is 27.7 Å². The minimum absolute atomic E-state index is 0.0210. The van der Waals surface area contributed by atoms with Crippen LogP contribution in [-0.4, -0.2) is 49.1 Å². The molecule has 0 aliphatic heterocycles. The average Bonchev–Trinajstić information content (AvgIpc) is 3.14. The Morgan fingerprint density at radius 3 is 2.18 bits per heavy atom. The van der Waals surface area contributed by atoms with Gasteiger partial charge in [-0.25, -0.2) is 31.6 Å². The standard InChI is InChI=1S/C20H19F3N2O7S2/c1-5-33(28,29)14-9-11(18(26)27)16(19(2,3)4)25-15(14)17-24-12-8-10(6-7-13(12)32-17)34(30,31)20(21,22)23/h6-9H,5H2,1-4H3,(H,26,27). The Hall–Kier alpha value is -3.00. The molecule has 0 saturated carbocycles. The van der Waals surface area contributed by atoms with Gasteiger partial charge >= 0.3 is 11.5 Å². The number of carboxylic acids is 1. The summed E-state index contributed by atoms with van der Waals surface area (Å²) in [4.78, 5) is 18.5. The molecule has 0 aliphatic rings. The molecule has 0 bridgehead atoms. The molecule has 0 amide bonds. The van der Waals surface area contributed by atoms with Gasteiger partial charge in [0.1, 0.15) is 11.2 Å². The first-order valence-electron chi connectivity index (χ1n) is 9.64. The zero-order chi connectivity index (χ0) is 25.9. The number of carboxylic acid groups (broad SMARTS) is 1. The lowest BCUT2D eigenvalue weighted by molar-refractivity contribution is -0.0436. The predicted octanol–water partition coefficient (Wildman–Crippen LogP) is 3.97. The number of hydrogen-bond donors (Lipinski definition) is 1. The molecule has 1 aromatic carbocycles. The van der Waals surface area contributed by atoms with Gasteiger partial charge in [0.05, 0.1) is 26.8 Å². The third kappa shape index (κ3) is 4.39. The molecule has 1 N–H and O–H groups in total. The van der Waals surface area contributed by atoms with Crippen LogP contribution < -0.4 is 0 Å². The molecule has 0 unspecified atom stereocenters. The van der Waals surface area contributed by atoms with Crippen molar-refractivity contribution in [2.45, 2.75) is 48.4 Å². The molecule has 2 aromatic heterocycles. The zero-order valence-electron chi connectivity index (χ0n) is 18.3. The van der Waals surface area contributed by atoms with E-state index in [4.69, 9.17) is 4.42 Å². The number of benzene rings is 1. The molecule has 3 rings (SSSR count). The van der Waals surface area contributed by atoms with Crippen molar-refractivity contribution in [3.8, 4) is 11.6 Å². The number of aromatic nitrogens is 2. The minimum Gasteiger partial charge on any atom is -0.478 e. The molecular formula is C20H19F3N2O7S2. The van der Waals surface area contributed by atoms with Crippen molar-refractivity contribution in [1.29, 1.82) is 0 Å². The number of carbonyl (C=O) groups is 1. The van der Waals surface area contributed by atoms with Crippen molar-refractivity contribution in [3.63, 3.8) is 0 Å². The smallest absolute Gasteiger partial charge is 0.478 e. The molecule has 3 aromatic rings. The Bertz CT molecular complexity index is 1520. The molecule has 184 valence electrons. The summed E-state index contributed by atoms with van der Waals surface area (Å²) >= 11 is 0. The lowest BCUT2D eigenvalue weighted by Crippen LogP contribution is -2.23. The van der Waals surface area contributed by atoms with Crippen LogP contribution in [0, 0.1) is 0 Å². The maximum atomic E-state index is 12.9. The second-order valence-corrected chi connectivity index (χ2v) is 12.5. The maximum absolute atomic E-state index is 12.9. The van der Waals surface area contributed by atoms with Crippen LogP contribution in [0.4, 0.5) is 13.2 Å². The van der Waals surface area contributed by atoms with Gasteiger partial charge in [0, 0.05) is 5.41 Å². The summed E-state index contributed by atoms with van der Waals surface area (Å²) in [5.74, 6) is -2.24. The molecule has 0 saturated heterocycles. The summed E-state index contributed by atoms with van der Waals surface area (Å²) in [6.45, 7) is 6.29. The highest BCUT2D eigenvalue weighted by Gasteiger charge is 2.47. The number of nitrogens with zero attached hydrogens (tertiary/aromatic N) is 2. The second-order valence-electron chi connectivity index (χ2n) is 8.29. The number of pyridine rings is 1. The highest BCUT2D eigenvalue weighted by Crippen LogP contribution is 2.36. The van der Waals surface area contributed by atoms with E-state index in [0.29, 0.717) is 12.1 Å². The Labute approximate surface area is 192 Å². The molecule has 0 aliphatic carbocycles. The monoisotopic (exact) mass is 520 g/mol. The molecule has 0 atom stereocenters. The fourth-order valence-corrected chi connectivity index (χ4v) is 4.90. The van der Waals surface area contributed by atoms with E-state index in [-0.39, 0.29) is 28.1 Å². The largest absolute Gasteiger partial charge is 0.501 e. The fraction of sp³-hybridized carbons (Fsp3) is 0.350. The fourth-order valence-electron chi connectivity index (χ4n) is 3.08. The molecule has 2 heterocycles. The van der Waals surface area contributed by atoms with Crippen molar-refractivity contribution >= 4 is 36.7 Å². The van der Waals surface area contributed by atoms with Crippen LogP contribution in [0.25, 0.3) is 22.7 Å². The van der Waals surface area contributed by atoms with E-state index >= 15 is 0 Å². The topological polar surface area (TPSA) is 144 Å². The Kier molecular flexibility index (Phi) is 6.06. The van der Waals surface area contributed by atoms with Gasteiger partial charge in [-0.15, -0.1) is 0 Å². The number of sulfone groups is 2. The first-order chi connectivity index (χ1) is 15.4. The first-order valence-corrected chi connectivity index (χ1v) is 12.8. The second kappa shape index (κ2) is 8.05. The van der Waals surface area contributed by atoms with Crippen molar-refractivity contribution in [3.05, 3.63) is 35.5 Å². The van der Waals surface area contributed by atoms with E-state index < -0.39 is 58.0 Å². The molecule has 34 heavy (non-hydrogen) atoms. The number of halogens is 3. The first kappa shape index (κ1) is 25.6. The summed E-state index contributed by atoms with van der Waals surface area (Å²) in [6, 6.07) is 3.23.